The number of nitrogens with one attached hydrogen (secondary N) is 1. The van der Waals surface area contributed by atoms with Crippen LogP contribution in [0.4, 0.5) is 11.4 Å². The van der Waals surface area contributed by atoms with E-state index in [1.165, 1.54) is 19.1 Å². The lowest BCUT2D eigenvalue weighted by molar-refractivity contribution is -0.121. The van der Waals surface area contributed by atoms with Crippen LogP contribution in [-0.4, -0.2) is 26.7 Å². The van der Waals surface area contributed by atoms with Crippen molar-refractivity contribution in [3.8, 4) is 0 Å². The third-order valence-electron chi connectivity index (χ3n) is 5.13. The van der Waals surface area contributed by atoms with Crippen LogP contribution in [0.1, 0.15) is 50.5 Å². The second kappa shape index (κ2) is 7.30. The fraction of sp³-hybridized carbons (Fsp3) is 0.364. The molecule has 1 heterocycles. The van der Waals surface area contributed by atoms with Crippen molar-refractivity contribution >= 4 is 33.1 Å². The molecule has 0 aromatic heterocycles. The third-order valence-corrected chi connectivity index (χ3v) is 6.51. The Kier molecular flexibility index (Phi) is 5.30. The molecular formula is C22H26N2O4S. The molecule has 1 amide bonds. The first kappa shape index (κ1) is 21.0. The molecular weight excluding hydrogens is 388 g/mol. The summed E-state index contributed by atoms with van der Waals surface area (Å²) in [4.78, 5) is 26.0. The Balaban J connectivity index is 1.97. The molecule has 0 saturated heterocycles. The number of nitrogens with zero attached hydrogens (tertiary/aromatic N) is 1. The first-order valence-corrected chi connectivity index (χ1v) is 11.0. The summed E-state index contributed by atoms with van der Waals surface area (Å²) in [5, 5.41) is 0. The molecule has 0 saturated carbocycles. The number of fused-ring (bicyclic) bond motifs is 1. The lowest BCUT2D eigenvalue weighted by Crippen LogP contribution is -2.36. The highest BCUT2D eigenvalue weighted by atomic mass is 32.2. The topological polar surface area (TPSA) is 83.6 Å². The van der Waals surface area contributed by atoms with Crippen LogP contribution in [0.5, 0.6) is 0 Å². The van der Waals surface area contributed by atoms with Crippen LogP contribution in [0, 0.1) is 5.92 Å². The first-order chi connectivity index (χ1) is 13.4. The molecule has 0 spiro atoms. The van der Waals surface area contributed by atoms with Gasteiger partial charge >= 0.3 is 0 Å². The molecule has 0 radical (unpaired) electrons. The number of sulfonamides is 1. The summed E-state index contributed by atoms with van der Waals surface area (Å²) in [5.41, 5.74) is 1.98. The number of Topliss-reactive ketones (excluding diaryl/α,β-unsaturated/α-hetero) is 1. The Hall–Kier alpha value is -2.67. The van der Waals surface area contributed by atoms with Crippen molar-refractivity contribution in [1.82, 2.24) is 0 Å². The average molecular weight is 415 g/mol. The number of hydrogen-bond donors (Lipinski definition) is 1. The zero-order chi connectivity index (χ0) is 21.6. The number of benzene rings is 2. The highest BCUT2D eigenvalue weighted by Crippen LogP contribution is 2.42. The zero-order valence-electron chi connectivity index (χ0n) is 17.3. The zero-order valence-corrected chi connectivity index (χ0v) is 18.1. The summed E-state index contributed by atoms with van der Waals surface area (Å²) >= 11 is 0. The van der Waals surface area contributed by atoms with Crippen molar-refractivity contribution in [2.45, 2.75) is 44.9 Å². The van der Waals surface area contributed by atoms with Crippen molar-refractivity contribution in [1.29, 1.82) is 0 Å². The van der Waals surface area contributed by atoms with Crippen molar-refractivity contribution in [3.05, 3.63) is 53.6 Å². The summed E-state index contributed by atoms with van der Waals surface area (Å²) < 4.78 is 28.4. The van der Waals surface area contributed by atoms with Crippen molar-refractivity contribution in [2.75, 3.05) is 16.2 Å². The van der Waals surface area contributed by atoms with Crippen LogP contribution in [0.2, 0.25) is 0 Å². The molecule has 0 fully saturated rings. The van der Waals surface area contributed by atoms with Crippen LogP contribution in [0.25, 0.3) is 0 Å². The Morgan fingerprint density at radius 3 is 2.41 bits per heavy atom. The molecule has 2 aromatic carbocycles. The number of carbonyl (C=O) groups excluding carboxylic acids is 2. The molecule has 29 heavy (non-hydrogen) atoms. The van der Waals surface area contributed by atoms with Crippen LogP contribution in [0.3, 0.4) is 0 Å². The van der Waals surface area contributed by atoms with E-state index in [1.807, 2.05) is 27.7 Å². The summed E-state index contributed by atoms with van der Waals surface area (Å²) in [6.07, 6.45) is 0. The third kappa shape index (κ3) is 4.05. The van der Waals surface area contributed by atoms with E-state index in [0.717, 1.165) is 11.3 Å². The van der Waals surface area contributed by atoms with Gasteiger partial charge in [0.1, 0.15) is 0 Å². The Morgan fingerprint density at radius 1 is 1.10 bits per heavy atom. The van der Waals surface area contributed by atoms with E-state index in [4.69, 9.17) is 0 Å². The van der Waals surface area contributed by atoms with Gasteiger partial charge in [-0.3, -0.25) is 14.3 Å². The molecule has 1 N–H and O–H groups in total. The number of anilines is 2. The highest BCUT2D eigenvalue weighted by Gasteiger charge is 2.39. The summed E-state index contributed by atoms with van der Waals surface area (Å²) in [6.45, 7) is 9.65. The van der Waals surface area contributed by atoms with Gasteiger partial charge < -0.3 is 4.90 Å². The van der Waals surface area contributed by atoms with Gasteiger partial charge in [-0.05, 0) is 42.8 Å². The molecule has 1 aliphatic heterocycles. The van der Waals surface area contributed by atoms with Gasteiger partial charge in [0.15, 0.2) is 5.78 Å². The quantitative estimate of drug-likeness (QED) is 0.751. The van der Waals surface area contributed by atoms with Gasteiger partial charge in [0, 0.05) is 34.8 Å². The van der Waals surface area contributed by atoms with Crippen LogP contribution in [-0.2, 0) is 20.2 Å². The van der Waals surface area contributed by atoms with E-state index in [2.05, 4.69) is 4.72 Å². The monoisotopic (exact) mass is 414 g/mol. The number of hydrogen-bond acceptors (Lipinski definition) is 4. The van der Waals surface area contributed by atoms with Crippen LogP contribution >= 0.6 is 0 Å². The standard InChI is InChI=1S/C22H26N2O4S/c1-14(2)21(26)24-13-22(4,5)19-12-18(9-10-20(19)24)29(27,28)23-17-8-6-7-16(11-17)15(3)25/h6-12,14,23H,13H2,1-5H3. The van der Waals surface area contributed by atoms with Gasteiger partial charge in [-0.15, -0.1) is 0 Å². The Bertz CT molecular complexity index is 1090. The van der Waals surface area contributed by atoms with E-state index in [1.54, 1.807) is 35.2 Å². The largest absolute Gasteiger partial charge is 0.311 e. The maximum atomic E-state index is 12.9. The lowest BCUT2D eigenvalue weighted by Gasteiger charge is -2.22. The van der Waals surface area contributed by atoms with E-state index >= 15 is 0 Å². The number of ketones is 1. The smallest absolute Gasteiger partial charge is 0.261 e. The number of carbonyl (C=O) groups is 2. The molecule has 3 rings (SSSR count). The van der Waals surface area contributed by atoms with Gasteiger partial charge in [0.05, 0.1) is 4.90 Å². The SMILES string of the molecule is CC(=O)c1cccc(NS(=O)(=O)c2ccc3c(c2)C(C)(C)CN3C(=O)C(C)C)c1. The van der Waals surface area contributed by atoms with Gasteiger partial charge in [-0.2, -0.15) is 0 Å². The van der Waals surface area contributed by atoms with Crippen LogP contribution in [0.15, 0.2) is 47.4 Å². The molecule has 6 nitrogen and oxygen atoms in total. The lowest BCUT2D eigenvalue weighted by atomic mass is 9.87. The van der Waals surface area contributed by atoms with Crippen LogP contribution < -0.4 is 9.62 Å². The molecule has 1 aliphatic rings. The molecule has 0 unspecified atom stereocenters. The Labute approximate surface area is 172 Å². The number of rotatable bonds is 5. The fourth-order valence-corrected chi connectivity index (χ4v) is 4.62. The second-order valence-electron chi connectivity index (χ2n) is 8.38. The minimum absolute atomic E-state index is 0.0200. The first-order valence-electron chi connectivity index (χ1n) is 9.52. The summed E-state index contributed by atoms with van der Waals surface area (Å²) in [6, 6.07) is 11.2. The van der Waals surface area contributed by atoms with E-state index < -0.39 is 10.0 Å². The molecule has 0 aliphatic carbocycles. The number of amides is 1. The maximum absolute atomic E-state index is 12.9. The second-order valence-corrected chi connectivity index (χ2v) is 10.1. The normalized spacial score (nSPS) is 15.3. The molecule has 0 bridgehead atoms. The molecule has 0 atom stereocenters. The van der Waals surface area contributed by atoms with Gasteiger partial charge in [-0.25, -0.2) is 8.42 Å². The minimum atomic E-state index is -3.85. The van der Waals surface area contributed by atoms with Gasteiger partial charge in [-0.1, -0.05) is 39.8 Å². The summed E-state index contributed by atoms with van der Waals surface area (Å²) in [5.74, 6) is -0.262. The highest BCUT2D eigenvalue weighted by molar-refractivity contribution is 7.92. The van der Waals surface area contributed by atoms with E-state index in [9.17, 15) is 18.0 Å². The molecule has 154 valence electrons. The maximum Gasteiger partial charge on any atom is 0.261 e. The van der Waals surface area contributed by atoms with Crippen molar-refractivity contribution < 1.29 is 18.0 Å². The van der Waals surface area contributed by atoms with Gasteiger partial charge in [0.2, 0.25) is 5.91 Å². The predicted molar refractivity (Wildman–Crippen MR) is 114 cm³/mol. The van der Waals surface area contributed by atoms with E-state index in [0.29, 0.717) is 17.8 Å². The van der Waals surface area contributed by atoms with E-state index in [-0.39, 0.29) is 27.9 Å². The summed E-state index contributed by atoms with van der Waals surface area (Å²) in [7, 11) is -3.85. The Morgan fingerprint density at radius 2 is 1.79 bits per heavy atom. The molecule has 2 aromatic rings. The predicted octanol–water partition coefficient (Wildman–Crippen LogP) is 3.97. The fourth-order valence-electron chi connectivity index (χ4n) is 3.55. The molecule has 7 heteroatoms. The minimum Gasteiger partial charge on any atom is -0.311 e. The van der Waals surface area contributed by atoms with Crippen molar-refractivity contribution in [2.24, 2.45) is 5.92 Å². The average Bonchev–Trinajstić information content (AvgIpc) is 2.91. The van der Waals surface area contributed by atoms with Crippen molar-refractivity contribution in [3.63, 3.8) is 0 Å². The van der Waals surface area contributed by atoms with Gasteiger partial charge in [0.25, 0.3) is 10.0 Å².